The lowest BCUT2D eigenvalue weighted by atomic mass is 9.84. The maximum absolute atomic E-state index is 13.2. The Balaban J connectivity index is 1.28. The zero-order valence-electron chi connectivity index (χ0n) is 19.4. The number of carbonyl (C=O) groups excluding carboxylic acids is 2. The Morgan fingerprint density at radius 2 is 1.94 bits per heavy atom. The number of fused-ring (bicyclic) bond motifs is 2. The first-order valence-electron chi connectivity index (χ1n) is 11.5. The second-order valence-electron chi connectivity index (χ2n) is 8.74. The number of ether oxygens (including phenoxy) is 1. The highest BCUT2D eigenvalue weighted by atomic mass is 32.1. The summed E-state index contributed by atoms with van der Waals surface area (Å²) in [5.74, 6) is -0.612. The number of nitrogens with one attached hydrogen (secondary N) is 1. The molecule has 1 atom stereocenters. The van der Waals surface area contributed by atoms with Gasteiger partial charge in [0.1, 0.15) is 0 Å². The number of pyridine rings is 1. The van der Waals surface area contributed by atoms with Crippen LogP contribution in [-0.4, -0.2) is 33.4 Å². The molecule has 1 N–H and O–H groups in total. The lowest BCUT2D eigenvalue weighted by Crippen LogP contribution is -2.23. The number of non-ortho nitro benzene ring substituents is 1. The van der Waals surface area contributed by atoms with Crippen LogP contribution < -0.4 is 5.32 Å². The number of nitrogens with zero attached hydrogens (tertiary/aromatic N) is 3. The molecular weight excluding hydrogens is 480 g/mol. The molecule has 36 heavy (non-hydrogen) atoms. The van der Waals surface area contributed by atoms with Crippen LogP contribution in [0.2, 0.25) is 0 Å². The number of nitro groups is 1. The summed E-state index contributed by atoms with van der Waals surface area (Å²) in [6.45, 7) is 1.70. The molecule has 1 aliphatic carbocycles. The molecule has 2 aromatic heterocycles. The highest BCUT2D eigenvalue weighted by Crippen LogP contribution is 2.32. The number of para-hydroxylation sites is 1. The van der Waals surface area contributed by atoms with E-state index < -0.39 is 23.4 Å². The maximum Gasteiger partial charge on any atom is 0.339 e. The molecule has 0 bridgehead atoms. The number of esters is 1. The Morgan fingerprint density at radius 1 is 1.17 bits per heavy atom. The van der Waals surface area contributed by atoms with E-state index in [1.807, 2.05) is 24.3 Å². The average molecular weight is 503 g/mol. The minimum Gasteiger partial charge on any atom is -0.452 e. The Hall–Kier alpha value is -4.18. The predicted octanol–water partition coefficient (Wildman–Crippen LogP) is 5.19. The van der Waals surface area contributed by atoms with E-state index in [1.165, 1.54) is 23.5 Å². The van der Waals surface area contributed by atoms with Gasteiger partial charge in [-0.15, -0.1) is 11.3 Å². The predicted molar refractivity (Wildman–Crippen MR) is 136 cm³/mol. The van der Waals surface area contributed by atoms with E-state index in [0.29, 0.717) is 27.9 Å². The van der Waals surface area contributed by atoms with Crippen LogP contribution in [0.3, 0.4) is 0 Å². The summed E-state index contributed by atoms with van der Waals surface area (Å²) in [5, 5.41) is 16.3. The van der Waals surface area contributed by atoms with Crippen LogP contribution in [0, 0.1) is 16.0 Å². The summed E-state index contributed by atoms with van der Waals surface area (Å²) in [7, 11) is 0. The van der Waals surface area contributed by atoms with Crippen LogP contribution in [0.15, 0.2) is 53.9 Å². The standard InChI is InChI=1S/C26H22N4O5S/c1-15-6-11-21-19(12-15)24(18-4-2-3-5-20(18)27-21)25(32)35-13-23(31)29-26-28-22(14-36-26)16-7-9-17(10-8-16)30(33)34/h2-5,7-10,14-15H,6,11-13H2,1H3,(H,28,29,31). The van der Waals surface area contributed by atoms with Crippen molar-refractivity contribution < 1.29 is 19.2 Å². The fraction of sp³-hybridized carbons (Fsp3) is 0.231. The van der Waals surface area contributed by atoms with Crippen LogP contribution in [-0.2, 0) is 22.4 Å². The first kappa shape index (κ1) is 23.6. The molecule has 0 aliphatic heterocycles. The number of nitro benzene ring substituents is 1. The molecule has 0 radical (unpaired) electrons. The van der Waals surface area contributed by atoms with Gasteiger partial charge in [-0.25, -0.2) is 9.78 Å². The van der Waals surface area contributed by atoms with Crippen LogP contribution >= 0.6 is 11.3 Å². The maximum atomic E-state index is 13.2. The third kappa shape index (κ3) is 4.80. The number of anilines is 1. The molecule has 0 saturated carbocycles. The minimum atomic E-state index is -0.542. The van der Waals surface area contributed by atoms with Gasteiger partial charge in [-0.1, -0.05) is 25.1 Å². The number of carbonyl (C=O) groups is 2. The number of benzene rings is 2. The van der Waals surface area contributed by atoms with E-state index >= 15 is 0 Å². The fourth-order valence-electron chi connectivity index (χ4n) is 4.37. The largest absolute Gasteiger partial charge is 0.452 e. The van der Waals surface area contributed by atoms with E-state index in [-0.39, 0.29) is 5.69 Å². The second-order valence-corrected chi connectivity index (χ2v) is 9.60. The Bertz CT molecular complexity index is 1480. The van der Waals surface area contributed by atoms with Gasteiger partial charge in [0.2, 0.25) is 0 Å². The van der Waals surface area contributed by atoms with Gasteiger partial charge in [-0.05, 0) is 48.9 Å². The fourth-order valence-corrected chi connectivity index (χ4v) is 5.11. The molecule has 2 heterocycles. The molecule has 0 saturated heterocycles. The highest BCUT2D eigenvalue weighted by molar-refractivity contribution is 7.14. The van der Waals surface area contributed by atoms with E-state index in [4.69, 9.17) is 9.72 Å². The molecule has 9 nitrogen and oxygen atoms in total. The lowest BCUT2D eigenvalue weighted by Gasteiger charge is -2.24. The molecular formula is C26H22N4O5S. The molecule has 0 fully saturated rings. The zero-order valence-corrected chi connectivity index (χ0v) is 20.2. The lowest BCUT2D eigenvalue weighted by molar-refractivity contribution is -0.384. The summed E-state index contributed by atoms with van der Waals surface area (Å²) in [6, 6.07) is 13.5. The molecule has 2 aromatic carbocycles. The first-order chi connectivity index (χ1) is 17.4. The van der Waals surface area contributed by atoms with Crippen molar-refractivity contribution in [3.05, 3.63) is 80.8 Å². The van der Waals surface area contributed by atoms with Crippen molar-refractivity contribution in [2.45, 2.75) is 26.2 Å². The zero-order chi connectivity index (χ0) is 25.2. The van der Waals surface area contributed by atoms with Crippen molar-refractivity contribution in [3.63, 3.8) is 0 Å². The summed E-state index contributed by atoms with van der Waals surface area (Å²) in [6.07, 6.45) is 2.57. The minimum absolute atomic E-state index is 0.0120. The summed E-state index contributed by atoms with van der Waals surface area (Å²) in [4.78, 5) is 45.1. The molecule has 5 rings (SSSR count). The monoisotopic (exact) mass is 502 g/mol. The van der Waals surface area contributed by atoms with Gasteiger partial charge in [0.15, 0.2) is 11.7 Å². The van der Waals surface area contributed by atoms with Crippen molar-refractivity contribution in [1.29, 1.82) is 0 Å². The van der Waals surface area contributed by atoms with Crippen molar-refractivity contribution in [2.75, 3.05) is 11.9 Å². The van der Waals surface area contributed by atoms with Gasteiger partial charge in [-0.3, -0.25) is 25.2 Å². The van der Waals surface area contributed by atoms with Gasteiger partial charge in [0.05, 0.1) is 21.7 Å². The molecule has 4 aromatic rings. The molecule has 1 aliphatic rings. The van der Waals surface area contributed by atoms with Crippen molar-refractivity contribution in [3.8, 4) is 11.3 Å². The van der Waals surface area contributed by atoms with E-state index in [2.05, 4.69) is 17.2 Å². The number of aromatic nitrogens is 2. The summed E-state index contributed by atoms with van der Waals surface area (Å²) < 4.78 is 5.43. The summed E-state index contributed by atoms with van der Waals surface area (Å²) in [5.41, 5.74) is 4.31. The number of amides is 1. The average Bonchev–Trinajstić information content (AvgIpc) is 3.34. The van der Waals surface area contributed by atoms with Crippen LogP contribution in [0.4, 0.5) is 10.8 Å². The molecule has 1 unspecified atom stereocenters. The highest BCUT2D eigenvalue weighted by Gasteiger charge is 2.26. The third-order valence-corrected chi connectivity index (χ3v) is 6.93. The van der Waals surface area contributed by atoms with Crippen LogP contribution in [0.1, 0.15) is 35.0 Å². The number of hydrogen-bond acceptors (Lipinski definition) is 8. The van der Waals surface area contributed by atoms with Crippen molar-refractivity contribution >= 4 is 44.9 Å². The van der Waals surface area contributed by atoms with Crippen molar-refractivity contribution in [1.82, 2.24) is 9.97 Å². The van der Waals surface area contributed by atoms with Crippen LogP contribution in [0.5, 0.6) is 0 Å². The summed E-state index contributed by atoms with van der Waals surface area (Å²) >= 11 is 1.21. The van der Waals surface area contributed by atoms with Gasteiger partial charge < -0.3 is 4.74 Å². The number of rotatable bonds is 6. The number of aryl methyl sites for hydroxylation is 1. The van der Waals surface area contributed by atoms with E-state index in [9.17, 15) is 19.7 Å². The first-order valence-corrected chi connectivity index (χ1v) is 12.3. The Kier molecular flexibility index (Phi) is 6.43. The molecule has 182 valence electrons. The van der Waals surface area contributed by atoms with Crippen molar-refractivity contribution in [2.24, 2.45) is 5.92 Å². The second kappa shape index (κ2) is 9.82. The molecule has 1 amide bonds. The quantitative estimate of drug-likeness (QED) is 0.219. The third-order valence-electron chi connectivity index (χ3n) is 6.17. The smallest absolute Gasteiger partial charge is 0.339 e. The Morgan fingerprint density at radius 3 is 2.72 bits per heavy atom. The number of thiazole rings is 1. The topological polar surface area (TPSA) is 124 Å². The molecule has 0 spiro atoms. The SMILES string of the molecule is CC1CCc2nc3ccccc3c(C(=O)OCC(=O)Nc3nc(-c4ccc([N+](=O)[O-])cc4)cs3)c2C1. The van der Waals surface area contributed by atoms with Gasteiger partial charge in [-0.2, -0.15) is 0 Å². The Labute approximate surface area is 210 Å². The van der Waals surface area contributed by atoms with Gasteiger partial charge in [0.25, 0.3) is 11.6 Å². The molecule has 10 heteroatoms. The van der Waals surface area contributed by atoms with Gasteiger partial charge in [0, 0.05) is 34.2 Å². The number of hydrogen-bond donors (Lipinski definition) is 1. The van der Waals surface area contributed by atoms with E-state index in [1.54, 1.807) is 17.5 Å². The van der Waals surface area contributed by atoms with Gasteiger partial charge >= 0.3 is 5.97 Å². The normalized spacial score (nSPS) is 14.8. The van der Waals surface area contributed by atoms with Crippen LogP contribution in [0.25, 0.3) is 22.2 Å². The van der Waals surface area contributed by atoms with E-state index in [0.717, 1.165) is 41.4 Å².